The Hall–Kier alpha value is -3.24. The van der Waals surface area contributed by atoms with Gasteiger partial charge in [-0.3, -0.25) is 14.4 Å². The van der Waals surface area contributed by atoms with Gasteiger partial charge in [-0.2, -0.15) is 18.0 Å². The number of nitrogens with zero attached hydrogens (tertiary/aromatic N) is 5. The second-order valence-electron chi connectivity index (χ2n) is 10.9. The Morgan fingerprint density at radius 3 is 2.69 bits per heavy atom. The first-order valence-corrected chi connectivity index (χ1v) is 17.5. The molecular weight excluding hydrogens is 694 g/mol. The number of carbonyl (C=O) groups is 1. The Labute approximate surface area is 285 Å². The summed E-state index contributed by atoms with van der Waals surface area (Å²) < 4.78 is 65.9. The Balaban J connectivity index is 1.24. The largest absolute Gasteiger partial charge is 0.460 e. The van der Waals surface area contributed by atoms with E-state index in [1.54, 1.807) is 35.6 Å². The number of hydrazine groups is 1. The van der Waals surface area contributed by atoms with Crippen molar-refractivity contribution in [1.29, 1.82) is 0 Å². The number of rotatable bonds is 14. The molecule has 258 valence electrons. The highest BCUT2D eigenvalue weighted by Gasteiger charge is 2.37. The lowest BCUT2D eigenvalue weighted by Crippen LogP contribution is -2.34. The van der Waals surface area contributed by atoms with Gasteiger partial charge in [0.2, 0.25) is 0 Å². The van der Waals surface area contributed by atoms with Crippen molar-refractivity contribution in [3.63, 3.8) is 0 Å². The van der Waals surface area contributed by atoms with Crippen LogP contribution in [0.25, 0.3) is 11.2 Å². The average Bonchev–Trinajstić information content (AvgIpc) is 3.65. The standard InChI is InChI=1S/C30H34ClF3N7O5PS/c1-18-13-23(45-28(18)41-17-37-25-26(40(3)39-48-4)35-16-36-27(25)41)15-44-47(46-22-11-9-21(31)10-12-22)38-19(2)29(42)43-14-20-7-5-6-8-24(20)30(32,33)34/h5-12,16-19,23,28,38-39H,13-15H2,1-4H3. The van der Waals surface area contributed by atoms with Crippen molar-refractivity contribution >= 4 is 55.0 Å². The molecule has 12 nitrogen and oxygen atoms in total. The highest BCUT2D eigenvalue weighted by Crippen LogP contribution is 2.41. The summed E-state index contributed by atoms with van der Waals surface area (Å²) in [5.74, 6) is 0.339. The second kappa shape index (κ2) is 16.0. The fourth-order valence-electron chi connectivity index (χ4n) is 5.06. The molecule has 1 aliphatic rings. The van der Waals surface area contributed by atoms with Crippen LogP contribution in [0.15, 0.2) is 61.2 Å². The van der Waals surface area contributed by atoms with E-state index < -0.39 is 38.9 Å². The van der Waals surface area contributed by atoms with Crippen molar-refractivity contribution in [1.82, 2.24) is 29.4 Å². The zero-order valence-electron chi connectivity index (χ0n) is 26.3. The summed E-state index contributed by atoms with van der Waals surface area (Å²) in [6.45, 7) is 3.13. The zero-order chi connectivity index (χ0) is 34.4. The van der Waals surface area contributed by atoms with Gasteiger partial charge < -0.3 is 18.5 Å². The molecule has 3 heterocycles. The smallest absolute Gasteiger partial charge is 0.416 e. The number of anilines is 1. The van der Waals surface area contributed by atoms with Gasteiger partial charge in [0.15, 0.2) is 17.0 Å². The Morgan fingerprint density at radius 1 is 1.21 bits per heavy atom. The zero-order valence-corrected chi connectivity index (χ0v) is 28.8. The molecule has 18 heteroatoms. The van der Waals surface area contributed by atoms with Crippen LogP contribution < -0.4 is 19.5 Å². The number of nitrogens with one attached hydrogen (secondary N) is 2. The van der Waals surface area contributed by atoms with Gasteiger partial charge in [0.25, 0.3) is 0 Å². The van der Waals surface area contributed by atoms with Crippen LogP contribution in [0.2, 0.25) is 5.02 Å². The summed E-state index contributed by atoms with van der Waals surface area (Å²) in [4.78, 5) is 29.3. The number of imidazole rings is 1. The number of benzene rings is 2. The van der Waals surface area contributed by atoms with E-state index in [0.717, 1.165) is 6.07 Å². The van der Waals surface area contributed by atoms with Crippen molar-refractivity contribution in [2.24, 2.45) is 5.92 Å². The highest BCUT2D eigenvalue weighted by molar-refractivity contribution is 7.96. The first kappa shape index (κ1) is 36.1. The van der Waals surface area contributed by atoms with E-state index in [0.29, 0.717) is 34.2 Å². The van der Waals surface area contributed by atoms with Crippen LogP contribution in [0.1, 0.15) is 37.6 Å². The van der Waals surface area contributed by atoms with E-state index in [1.807, 2.05) is 17.9 Å². The molecule has 0 amide bonds. The number of hydrogen-bond acceptors (Lipinski definition) is 12. The molecule has 5 atom stereocenters. The first-order valence-electron chi connectivity index (χ1n) is 14.7. The van der Waals surface area contributed by atoms with Gasteiger partial charge in [-0.15, -0.1) is 0 Å². The number of ether oxygens (including phenoxy) is 2. The average molecular weight is 728 g/mol. The molecule has 0 bridgehead atoms. The number of hydrogen-bond donors (Lipinski definition) is 2. The molecule has 1 fully saturated rings. The topological polar surface area (TPSA) is 125 Å². The summed E-state index contributed by atoms with van der Waals surface area (Å²) >= 11 is 7.45. The van der Waals surface area contributed by atoms with E-state index in [2.05, 4.69) is 31.8 Å². The summed E-state index contributed by atoms with van der Waals surface area (Å²) in [6, 6.07) is 10.5. The third-order valence-corrected chi connectivity index (χ3v) is 9.40. The highest BCUT2D eigenvalue weighted by atomic mass is 35.5. The minimum Gasteiger partial charge on any atom is -0.460 e. The molecule has 2 aromatic carbocycles. The molecule has 5 unspecified atom stereocenters. The number of alkyl halides is 3. The molecule has 48 heavy (non-hydrogen) atoms. The number of halogens is 4. The normalized spacial score (nSPS) is 19.3. The number of aromatic nitrogens is 4. The molecule has 0 radical (unpaired) electrons. The Bertz CT molecular complexity index is 1690. The lowest BCUT2D eigenvalue weighted by atomic mass is 10.1. The number of carbonyl (C=O) groups excluding carboxylic acids is 1. The van der Waals surface area contributed by atoms with Crippen LogP contribution in [0.4, 0.5) is 19.0 Å². The van der Waals surface area contributed by atoms with E-state index in [9.17, 15) is 18.0 Å². The van der Waals surface area contributed by atoms with Crippen LogP contribution >= 0.6 is 32.1 Å². The van der Waals surface area contributed by atoms with E-state index in [4.69, 9.17) is 30.1 Å². The van der Waals surface area contributed by atoms with Crippen molar-refractivity contribution in [3.05, 3.63) is 77.3 Å². The van der Waals surface area contributed by atoms with Crippen molar-refractivity contribution in [2.75, 3.05) is 24.9 Å². The maximum Gasteiger partial charge on any atom is 0.416 e. The van der Waals surface area contributed by atoms with Gasteiger partial charge in [0.1, 0.15) is 31.0 Å². The quantitative estimate of drug-likeness (QED) is 0.0623. The maximum absolute atomic E-state index is 13.4. The third kappa shape index (κ3) is 8.86. The second-order valence-corrected chi connectivity index (χ2v) is 13.2. The molecule has 2 aromatic heterocycles. The van der Waals surface area contributed by atoms with Gasteiger partial charge >= 0.3 is 20.7 Å². The van der Waals surface area contributed by atoms with E-state index in [-0.39, 0.29) is 30.4 Å². The summed E-state index contributed by atoms with van der Waals surface area (Å²) in [6.07, 6.45) is 0.406. The molecule has 1 aliphatic heterocycles. The predicted molar refractivity (Wildman–Crippen MR) is 177 cm³/mol. The van der Waals surface area contributed by atoms with Crippen LogP contribution in [0.3, 0.4) is 0 Å². The minimum absolute atomic E-state index is 0.0707. The lowest BCUT2D eigenvalue weighted by Gasteiger charge is -2.23. The first-order chi connectivity index (χ1) is 22.9. The van der Waals surface area contributed by atoms with E-state index in [1.165, 1.54) is 43.4 Å². The monoisotopic (exact) mass is 727 g/mol. The van der Waals surface area contributed by atoms with E-state index >= 15 is 0 Å². The lowest BCUT2D eigenvalue weighted by molar-refractivity contribution is -0.149. The number of fused-ring (bicyclic) bond motifs is 1. The van der Waals surface area contributed by atoms with Gasteiger partial charge in [-0.05, 0) is 49.9 Å². The van der Waals surface area contributed by atoms with Crippen LogP contribution in [0, 0.1) is 5.92 Å². The summed E-state index contributed by atoms with van der Waals surface area (Å²) in [5, 5.41) is 5.24. The Morgan fingerprint density at radius 2 is 1.96 bits per heavy atom. The molecular formula is C30H34ClF3N7O5PS. The molecule has 1 saturated heterocycles. The number of esters is 1. The maximum atomic E-state index is 13.4. The van der Waals surface area contributed by atoms with Gasteiger partial charge in [0, 0.05) is 23.6 Å². The fraction of sp³-hybridized carbons (Fsp3) is 0.400. The van der Waals surface area contributed by atoms with Crippen molar-refractivity contribution < 1.29 is 36.5 Å². The van der Waals surface area contributed by atoms with Gasteiger partial charge in [0.05, 0.1) is 24.6 Å². The fourth-order valence-corrected chi connectivity index (χ4v) is 6.76. The van der Waals surface area contributed by atoms with Gasteiger partial charge in [-0.25, -0.2) is 20.0 Å². The van der Waals surface area contributed by atoms with Crippen LogP contribution in [-0.2, 0) is 31.6 Å². The molecule has 0 aliphatic carbocycles. The summed E-state index contributed by atoms with van der Waals surface area (Å²) in [5.41, 5.74) is 0.216. The molecule has 5 rings (SSSR count). The molecule has 0 saturated carbocycles. The SMILES string of the molecule is CSNN(C)c1ncnc2c1ncn2C1OC(COP(NC(C)C(=O)OCc2ccccc2C(F)(F)F)Oc2ccc(Cl)cc2)CC1C. The summed E-state index contributed by atoms with van der Waals surface area (Å²) in [7, 11) is -0.111. The molecule has 4 aromatic rings. The Kier molecular flexibility index (Phi) is 12.0. The third-order valence-electron chi connectivity index (χ3n) is 7.34. The van der Waals surface area contributed by atoms with Crippen LogP contribution in [0.5, 0.6) is 5.75 Å². The molecule has 2 N–H and O–H groups in total. The van der Waals surface area contributed by atoms with Crippen molar-refractivity contribution in [3.8, 4) is 5.75 Å². The predicted octanol–water partition coefficient (Wildman–Crippen LogP) is 6.68. The van der Waals surface area contributed by atoms with Crippen molar-refractivity contribution in [2.45, 2.75) is 51.4 Å². The minimum atomic E-state index is -4.58. The molecule has 0 spiro atoms. The van der Waals surface area contributed by atoms with Crippen LogP contribution in [-0.4, -0.2) is 57.5 Å². The van der Waals surface area contributed by atoms with Gasteiger partial charge in [-0.1, -0.05) is 48.7 Å².